The van der Waals surface area contributed by atoms with Crippen LogP contribution in [0.15, 0.2) is 57.6 Å². The number of azo groups is 1. The molecule has 0 fully saturated rings. The normalized spacial score (nSPS) is 18.2. The number of nitrogens with zero attached hydrogens (tertiary/aromatic N) is 3. The van der Waals surface area contributed by atoms with E-state index in [9.17, 15) is 0 Å². The summed E-state index contributed by atoms with van der Waals surface area (Å²) in [6.07, 6.45) is 0. The Morgan fingerprint density at radius 3 is 2.59 bits per heavy atom. The molecule has 7 nitrogen and oxygen atoms in total. The number of quaternary nitrogens is 1. The van der Waals surface area contributed by atoms with Crippen molar-refractivity contribution in [3.63, 3.8) is 0 Å². The molecule has 0 aromatic heterocycles. The molecule has 3 rings (SSSR count). The molecule has 0 aliphatic carbocycles. The van der Waals surface area contributed by atoms with Crippen molar-refractivity contribution in [1.29, 1.82) is 0 Å². The van der Waals surface area contributed by atoms with E-state index in [0.717, 1.165) is 23.7 Å². The molecule has 0 spiro atoms. The number of likely N-dealkylation sites (N-methyl/N-ethyl adjacent to an activating group) is 1. The van der Waals surface area contributed by atoms with E-state index in [-0.39, 0.29) is 17.6 Å². The SMILES string of the molecule is CCN(CCO)c1ccc(N=NC2Sc3cc(OC)ccc3[NH+]2C)cc1.[OH-]. The minimum atomic E-state index is -0.00156. The number of nitrogens with one attached hydrogen (secondary N) is 1. The first-order chi connectivity index (χ1) is 12.7. The van der Waals surface area contributed by atoms with Gasteiger partial charge in [0.2, 0.25) is 0 Å². The monoisotopic (exact) mass is 390 g/mol. The van der Waals surface area contributed by atoms with Crippen LogP contribution in [-0.4, -0.2) is 49.9 Å². The van der Waals surface area contributed by atoms with Gasteiger partial charge in [-0.05, 0) is 55.1 Å². The molecule has 2 aromatic carbocycles. The lowest BCUT2D eigenvalue weighted by molar-refractivity contribution is -0.819. The average Bonchev–Trinajstić information content (AvgIpc) is 3.00. The maximum atomic E-state index is 9.13. The topological polar surface area (TPSA) is 91.9 Å². The number of aliphatic hydroxyl groups excluding tert-OH is 1. The number of thioether (sulfide) groups is 1. The van der Waals surface area contributed by atoms with Crippen LogP contribution in [-0.2, 0) is 0 Å². The van der Waals surface area contributed by atoms with Crippen molar-refractivity contribution in [2.24, 2.45) is 10.2 Å². The van der Waals surface area contributed by atoms with E-state index in [1.807, 2.05) is 36.4 Å². The van der Waals surface area contributed by atoms with E-state index < -0.39 is 0 Å². The maximum absolute atomic E-state index is 9.13. The van der Waals surface area contributed by atoms with Crippen LogP contribution in [0.3, 0.4) is 0 Å². The Morgan fingerprint density at radius 1 is 1.22 bits per heavy atom. The standard InChI is InChI=1S/C19H24N4O2S.H2O/c1-4-23(11-12-24)15-7-5-14(6-8-15)20-21-19-22(2)17-10-9-16(25-3)13-18(17)26-19;/h5-10,13,19,24H,4,11-12H2,1-3H3;1H2. The Labute approximate surface area is 164 Å². The quantitative estimate of drug-likeness (QED) is 0.709. The first kappa shape index (κ1) is 21.2. The summed E-state index contributed by atoms with van der Waals surface area (Å²) in [5.74, 6) is 0.862. The minimum Gasteiger partial charge on any atom is -0.870 e. The summed E-state index contributed by atoms with van der Waals surface area (Å²) in [7, 11) is 3.78. The zero-order valence-corrected chi connectivity index (χ0v) is 16.6. The van der Waals surface area contributed by atoms with Crippen LogP contribution in [0.25, 0.3) is 0 Å². The predicted molar refractivity (Wildman–Crippen MR) is 107 cm³/mol. The molecular weight excluding hydrogens is 364 g/mol. The van der Waals surface area contributed by atoms with Gasteiger partial charge in [0, 0.05) is 24.8 Å². The van der Waals surface area contributed by atoms with Gasteiger partial charge in [0.15, 0.2) is 0 Å². The van der Waals surface area contributed by atoms with Crippen LogP contribution in [0, 0.1) is 0 Å². The zero-order valence-electron chi connectivity index (χ0n) is 15.8. The number of fused-ring (bicyclic) bond motifs is 1. The van der Waals surface area contributed by atoms with Gasteiger partial charge >= 0.3 is 0 Å². The van der Waals surface area contributed by atoms with E-state index in [2.05, 4.69) is 35.2 Å². The summed E-state index contributed by atoms with van der Waals surface area (Å²) in [5, 5.41) is 18.1. The maximum Gasteiger partial charge on any atom is 0.257 e. The lowest BCUT2D eigenvalue weighted by atomic mass is 10.2. The van der Waals surface area contributed by atoms with E-state index in [4.69, 9.17) is 9.84 Å². The highest BCUT2D eigenvalue weighted by molar-refractivity contribution is 8.00. The molecule has 0 bridgehead atoms. The molecule has 0 amide bonds. The zero-order chi connectivity index (χ0) is 18.5. The van der Waals surface area contributed by atoms with Crippen molar-refractivity contribution >= 4 is 28.8 Å². The van der Waals surface area contributed by atoms with Gasteiger partial charge in [-0.2, -0.15) is 0 Å². The Balaban J connectivity index is 0.00000261. The molecule has 0 radical (unpaired) electrons. The molecule has 8 heteroatoms. The largest absolute Gasteiger partial charge is 0.870 e. The number of rotatable bonds is 7. The van der Waals surface area contributed by atoms with Gasteiger partial charge < -0.3 is 20.2 Å². The third-order valence-electron chi connectivity index (χ3n) is 4.47. The molecule has 0 saturated heterocycles. The molecular formula is C19H26N4O3S. The molecule has 3 N–H and O–H groups in total. The van der Waals surface area contributed by atoms with E-state index >= 15 is 0 Å². The molecule has 2 atom stereocenters. The summed E-state index contributed by atoms with van der Waals surface area (Å²) < 4.78 is 5.30. The van der Waals surface area contributed by atoms with E-state index in [1.165, 1.54) is 15.5 Å². The molecule has 27 heavy (non-hydrogen) atoms. The third-order valence-corrected chi connectivity index (χ3v) is 5.73. The minimum absolute atomic E-state index is 0. The summed E-state index contributed by atoms with van der Waals surface area (Å²) in [5.41, 5.74) is 3.13. The highest BCUT2D eigenvalue weighted by atomic mass is 32.2. The first-order valence-corrected chi connectivity index (χ1v) is 9.59. The van der Waals surface area contributed by atoms with Crippen LogP contribution in [0.4, 0.5) is 17.1 Å². The number of anilines is 1. The molecule has 1 aliphatic rings. The summed E-state index contributed by atoms with van der Waals surface area (Å²) in [6.45, 7) is 3.71. The fraction of sp³-hybridized carbons (Fsp3) is 0.368. The van der Waals surface area contributed by atoms with Gasteiger partial charge in [0.1, 0.15) is 11.4 Å². The molecule has 2 unspecified atom stereocenters. The van der Waals surface area contributed by atoms with Crippen molar-refractivity contribution in [2.45, 2.75) is 17.3 Å². The predicted octanol–water partition coefficient (Wildman–Crippen LogP) is 2.66. The highest BCUT2D eigenvalue weighted by Crippen LogP contribution is 2.36. The van der Waals surface area contributed by atoms with Crippen LogP contribution < -0.4 is 14.5 Å². The van der Waals surface area contributed by atoms with Gasteiger partial charge in [-0.25, -0.2) is 0 Å². The van der Waals surface area contributed by atoms with Gasteiger partial charge in [0.05, 0.1) is 31.3 Å². The smallest absolute Gasteiger partial charge is 0.257 e. The van der Waals surface area contributed by atoms with E-state index in [1.54, 1.807) is 18.9 Å². The van der Waals surface area contributed by atoms with Gasteiger partial charge in [-0.3, -0.25) is 4.90 Å². The van der Waals surface area contributed by atoms with Crippen LogP contribution in [0.2, 0.25) is 0 Å². The van der Waals surface area contributed by atoms with Gasteiger partial charge in [0.25, 0.3) is 5.50 Å². The molecule has 1 aliphatic heterocycles. The molecule has 1 heterocycles. The summed E-state index contributed by atoms with van der Waals surface area (Å²) >= 11 is 1.70. The van der Waals surface area contributed by atoms with Crippen molar-refractivity contribution in [1.82, 2.24) is 0 Å². The second kappa shape index (κ2) is 9.70. The fourth-order valence-electron chi connectivity index (χ4n) is 2.94. The number of ether oxygens (including phenoxy) is 1. The van der Waals surface area contributed by atoms with E-state index in [0.29, 0.717) is 6.54 Å². The lowest BCUT2D eigenvalue weighted by Gasteiger charge is -2.21. The van der Waals surface area contributed by atoms with Crippen LogP contribution in [0.5, 0.6) is 5.75 Å². The third kappa shape index (κ3) is 4.78. The lowest BCUT2D eigenvalue weighted by Crippen LogP contribution is -3.05. The highest BCUT2D eigenvalue weighted by Gasteiger charge is 2.33. The van der Waals surface area contributed by atoms with Gasteiger partial charge in [-0.1, -0.05) is 0 Å². The fourth-order valence-corrected chi connectivity index (χ4v) is 4.12. The van der Waals surface area contributed by atoms with Crippen molar-refractivity contribution in [3.05, 3.63) is 42.5 Å². The van der Waals surface area contributed by atoms with Crippen molar-refractivity contribution < 1.29 is 20.2 Å². The number of hydrogen-bond donors (Lipinski definition) is 2. The van der Waals surface area contributed by atoms with Gasteiger partial charge in [-0.15, -0.1) is 10.2 Å². The number of benzene rings is 2. The summed E-state index contributed by atoms with van der Waals surface area (Å²) in [6, 6.07) is 14.1. The number of hydrogen-bond acceptors (Lipinski definition) is 7. The number of aliphatic hydroxyl groups is 1. The Bertz CT molecular complexity index is 770. The second-order valence-electron chi connectivity index (χ2n) is 6.05. The van der Waals surface area contributed by atoms with Crippen molar-refractivity contribution in [2.75, 3.05) is 38.8 Å². The first-order valence-electron chi connectivity index (χ1n) is 8.71. The van der Waals surface area contributed by atoms with Crippen LogP contribution >= 0.6 is 11.8 Å². The second-order valence-corrected chi connectivity index (χ2v) is 7.17. The molecule has 0 saturated carbocycles. The summed E-state index contributed by atoms with van der Waals surface area (Å²) in [4.78, 5) is 4.52. The molecule has 2 aromatic rings. The Kier molecular flexibility index (Phi) is 7.61. The average molecular weight is 391 g/mol. The Morgan fingerprint density at radius 2 is 1.96 bits per heavy atom. The van der Waals surface area contributed by atoms with Crippen molar-refractivity contribution in [3.8, 4) is 5.75 Å². The van der Waals surface area contributed by atoms with Crippen LogP contribution in [0.1, 0.15) is 6.92 Å². The number of methoxy groups -OCH3 is 1. The molecule has 146 valence electrons. The Hall–Kier alpha value is -2.13.